The van der Waals surface area contributed by atoms with Gasteiger partial charge in [-0.3, -0.25) is 4.79 Å². The van der Waals surface area contributed by atoms with E-state index in [9.17, 15) is 4.79 Å². The van der Waals surface area contributed by atoms with E-state index in [1.54, 1.807) is 17.0 Å². The zero-order valence-electron chi connectivity index (χ0n) is 12.6. The maximum Gasteiger partial charge on any atom is 0.150 e. The maximum atomic E-state index is 10.6. The highest BCUT2D eigenvalue weighted by Gasteiger charge is 2.24. The Bertz CT molecular complexity index is 406. The van der Waals surface area contributed by atoms with Gasteiger partial charge in [-0.05, 0) is 30.7 Å². The molecule has 0 bridgehead atoms. The monoisotopic (exact) mass is 276 g/mol. The molecule has 1 aliphatic heterocycles. The van der Waals surface area contributed by atoms with E-state index in [2.05, 4.69) is 13.8 Å². The van der Waals surface area contributed by atoms with E-state index in [1.807, 2.05) is 12.1 Å². The average Bonchev–Trinajstić information content (AvgIpc) is 2.43. The predicted octanol–water partition coefficient (Wildman–Crippen LogP) is 1.83. The Morgan fingerprint density at radius 2 is 1.85 bits per heavy atom. The number of quaternary nitrogens is 1. The summed E-state index contributed by atoms with van der Waals surface area (Å²) < 4.78 is 5.72. The summed E-state index contributed by atoms with van der Waals surface area (Å²) in [7, 11) is 0. The summed E-state index contributed by atoms with van der Waals surface area (Å²) in [6, 6.07) is 7.31. The van der Waals surface area contributed by atoms with Crippen molar-refractivity contribution < 1.29 is 14.4 Å². The Morgan fingerprint density at radius 1 is 1.20 bits per heavy atom. The van der Waals surface area contributed by atoms with Gasteiger partial charge < -0.3 is 9.64 Å². The molecule has 1 aromatic carbocycles. The Balaban J connectivity index is 1.66. The molecular weight excluding hydrogens is 250 g/mol. The molecule has 2 rings (SSSR count). The number of likely N-dealkylation sites (tertiary alicyclic amines) is 1. The summed E-state index contributed by atoms with van der Waals surface area (Å²) in [5.74, 6) is 2.56. The molecule has 1 fully saturated rings. The zero-order chi connectivity index (χ0) is 14.4. The van der Waals surface area contributed by atoms with E-state index in [1.165, 1.54) is 26.1 Å². The second-order valence-electron chi connectivity index (χ2n) is 6.24. The number of carbonyl (C=O) groups excluding carboxylic acids is 1. The van der Waals surface area contributed by atoms with E-state index < -0.39 is 0 Å². The number of hydrogen-bond donors (Lipinski definition) is 1. The van der Waals surface area contributed by atoms with Crippen molar-refractivity contribution in [2.45, 2.75) is 26.7 Å². The molecule has 1 N–H and O–H groups in total. The molecule has 3 nitrogen and oxygen atoms in total. The molecular formula is C17H26NO2+. The molecule has 0 aliphatic carbocycles. The SMILES string of the molecule is C[C@@H]1C[C@@H](C)C[NH+](CCCOc2ccc(C=O)cc2)C1. The minimum absolute atomic E-state index is 0.693. The van der Waals surface area contributed by atoms with Crippen LogP contribution in [0.2, 0.25) is 0 Å². The molecule has 1 aromatic rings. The summed E-state index contributed by atoms with van der Waals surface area (Å²) in [5, 5.41) is 0. The van der Waals surface area contributed by atoms with Gasteiger partial charge in [0.25, 0.3) is 0 Å². The van der Waals surface area contributed by atoms with Gasteiger partial charge in [0.15, 0.2) is 0 Å². The smallest absolute Gasteiger partial charge is 0.150 e. The first-order valence-electron chi connectivity index (χ1n) is 7.69. The molecule has 0 aromatic heterocycles. The standard InChI is InChI=1S/C17H25NO2/c1-14-10-15(2)12-18(11-14)8-3-9-20-17-6-4-16(13-19)5-7-17/h4-7,13-15H,3,8-12H2,1-2H3/p+1/t14-,15-/m1/s1. The van der Waals surface area contributed by atoms with Crippen LogP contribution in [0.5, 0.6) is 5.75 Å². The Morgan fingerprint density at radius 3 is 2.45 bits per heavy atom. The maximum absolute atomic E-state index is 10.6. The van der Waals surface area contributed by atoms with Crippen LogP contribution in [0.15, 0.2) is 24.3 Å². The van der Waals surface area contributed by atoms with Crippen LogP contribution < -0.4 is 9.64 Å². The van der Waals surface area contributed by atoms with Gasteiger partial charge in [-0.2, -0.15) is 0 Å². The highest BCUT2D eigenvalue weighted by atomic mass is 16.5. The molecule has 0 amide bonds. The van der Waals surface area contributed by atoms with Crippen molar-refractivity contribution in [3.05, 3.63) is 29.8 Å². The zero-order valence-corrected chi connectivity index (χ0v) is 12.6. The largest absolute Gasteiger partial charge is 0.493 e. The number of rotatable bonds is 6. The number of aldehydes is 1. The van der Waals surface area contributed by atoms with Gasteiger partial charge in [0.2, 0.25) is 0 Å². The van der Waals surface area contributed by atoms with Crippen molar-refractivity contribution in [2.75, 3.05) is 26.2 Å². The van der Waals surface area contributed by atoms with Crippen LogP contribution in [0.1, 0.15) is 37.0 Å². The van der Waals surface area contributed by atoms with Gasteiger partial charge in [-0.15, -0.1) is 0 Å². The third kappa shape index (κ3) is 4.64. The summed E-state index contributed by atoms with van der Waals surface area (Å²) >= 11 is 0. The molecule has 20 heavy (non-hydrogen) atoms. The number of piperidine rings is 1. The fourth-order valence-electron chi connectivity index (χ4n) is 3.28. The fraction of sp³-hybridized carbons (Fsp3) is 0.588. The second kappa shape index (κ2) is 7.44. The first kappa shape index (κ1) is 15.0. The lowest BCUT2D eigenvalue weighted by Crippen LogP contribution is -3.14. The lowest BCUT2D eigenvalue weighted by atomic mass is 9.92. The van der Waals surface area contributed by atoms with Crippen molar-refractivity contribution in [3.63, 3.8) is 0 Å². The van der Waals surface area contributed by atoms with Crippen molar-refractivity contribution in [3.8, 4) is 5.75 Å². The first-order valence-corrected chi connectivity index (χ1v) is 7.69. The van der Waals surface area contributed by atoms with Crippen LogP contribution in [0.4, 0.5) is 0 Å². The first-order chi connectivity index (χ1) is 9.67. The van der Waals surface area contributed by atoms with E-state index in [0.29, 0.717) is 5.56 Å². The molecule has 0 unspecified atom stereocenters. The van der Waals surface area contributed by atoms with Gasteiger partial charge in [-0.1, -0.05) is 13.8 Å². The quantitative estimate of drug-likeness (QED) is 0.635. The highest BCUT2D eigenvalue weighted by molar-refractivity contribution is 5.74. The normalized spacial score (nSPS) is 26.2. The Kier molecular flexibility index (Phi) is 5.60. The van der Waals surface area contributed by atoms with E-state index in [4.69, 9.17) is 4.74 Å². The van der Waals surface area contributed by atoms with Crippen LogP contribution in [0.3, 0.4) is 0 Å². The minimum atomic E-state index is 0.693. The van der Waals surface area contributed by atoms with Crippen LogP contribution >= 0.6 is 0 Å². The van der Waals surface area contributed by atoms with Crippen molar-refractivity contribution >= 4 is 6.29 Å². The molecule has 1 saturated heterocycles. The minimum Gasteiger partial charge on any atom is -0.493 e. The second-order valence-corrected chi connectivity index (χ2v) is 6.24. The molecule has 0 saturated carbocycles. The summed E-state index contributed by atoms with van der Waals surface area (Å²) in [6.45, 7) is 9.28. The van der Waals surface area contributed by atoms with E-state index >= 15 is 0 Å². The van der Waals surface area contributed by atoms with Gasteiger partial charge in [0, 0.05) is 23.8 Å². The third-order valence-electron chi connectivity index (χ3n) is 4.04. The third-order valence-corrected chi connectivity index (χ3v) is 4.04. The number of ether oxygens (including phenoxy) is 1. The van der Waals surface area contributed by atoms with Crippen molar-refractivity contribution in [1.82, 2.24) is 0 Å². The molecule has 1 heterocycles. The average molecular weight is 276 g/mol. The van der Waals surface area contributed by atoms with Crippen molar-refractivity contribution in [2.24, 2.45) is 11.8 Å². The molecule has 2 atom stereocenters. The summed E-state index contributed by atoms with van der Waals surface area (Å²) in [5.41, 5.74) is 0.693. The van der Waals surface area contributed by atoms with Gasteiger partial charge in [0.1, 0.15) is 12.0 Å². The number of carbonyl (C=O) groups is 1. The molecule has 110 valence electrons. The molecule has 0 radical (unpaired) electrons. The molecule has 1 aliphatic rings. The summed E-state index contributed by atoms with van der Waals surface area (Å²) in [6.07, 6.45) is 3.32. The highest BCUT2D eigenvalue weighted by Crippen LogP contribution is 2.12. The van der Waals surface area contributed by atoms with Gasteiger partial charge in [0.05, 0.1) is 26.2 Å². The Hall–Kier alpha value is -1.35. The van der Waals surface area contributed by atoms with E-state index in [0.717, 1.165) is 36.9 Å². The van der Waals surface area contributed by atoms with Gasteiger partial charge >= 0.3 is 0 Å². The number of hydrogen-bond acceptors (Lipinski definition) is 2. The number of benzene rings is 1. The van der Waals surface area contributed by atoms with Crippen LogP contribution in [-0.2, 0) is 0 Å². The fourth-order valence-corrected chi connectivity index (χ4v) is 3.28. The Labute approximate surface area is 121 Å². The van der Waals surface area contributed by atoms with E-state index in [-0.39, 0.29) is 0 Å². The van der Waals surface area contributed by atoms with Crippen LogP contribution in [0.25, 0.3) is 0 Å². The van der Waals surface area contributed by atoms with Crippen LogP contribution in [-0.4, -0.2) is 32.5 Å². The number of nitrogens with one attached hydrogen (secondary N) is 1. The lowest BCUT2D eigenvalue weighted by molar-refractivity contribution is -0.912. The molecule has 0 spiro atoms. The van der Waals surface area contributed by atoms with Crippen LogP contribution in [0, 0.1) is 11.8 Å². The topological polar surface area (TPSA) is 30.7 Å². The van der Waals surface area contributed by atoms with Gasteiger partial charge in [-0.25, -0.2) is 0 Å². The summed E-state index contributed by atoms with van der Waals surface area (Å²) in [4.78, 5) is 12.3. The van der Waals surface area contributed by atoms with Crippen molar-refractivity contribution in [1.29, 1.82) is 0 Å². The predicted molar refractivity (Wildman–Crippen MR) is 80.5 cm³/mol. The molecule has 3 heteroatoms. The lowest BCUT2D eigenvalue weighted by Gasteiger charge is -2.31.